The molecule has 0 aromatic heterocycles. The molecular weight excluding hydrogens is 242 g/mol. The van der Waals surface area contributed by atoms with Crippen LogP contribution in [-0.4, -0.2) is 11.7 Å². The van der Waals surface area contributed by atoms with E-state index in [9.17, 15) is 0 Å². The van der Waals surface area contributed by atoms with Crippen molar-refractivity contribution in [3.05, 3.63) is 0 Å². The van der Waals surface area contributed by atoms with E-state index in [0.29, 0.717) is 6.61 Å². The van der Waals surface area contributed by atoms with Gasteiger partial charge in [-0.2, -0.15) is 0 Å². The first-order valence-corrected chi connectivity index (χ1v) is 6.02. The molecule has 1 N–H and O–H groups in total. The number of hydrogen-bond acceptors (Lipinski definition) is 1. The fraction of sp³-hybridized carbons (Fsp3) is 1.00. The van der Waals surface area contributed by atoms with E-state index in [1.807, 2.05) is 0 Å². The number of unbranched alkanes of at least 4 members (excludes halogenated alkanes) is 9. The van der Waals surface area contributed by atoms with Crippen LogP contribution in [0.2, 0.25) is 0 Å². The van der Waals surface area contributed by atoms with Crippen molar-refractivity contribution in [3.63, 3.8) is 0 Å². The number of aliphatic hydroxyl groups excluding tert-OH is 1. The quantitative estimate of drug-likeness (QED) is 0.475. The SMILES string of the molecule is CCCCCCCCCCCCO.[O-2].[Zn+2]. The summed E-state index contributed by atoms with van der Waals surface area (Å²) in [5.41, 5.74) is 0. The van der Waals surface area contributed by atoms with Crippen molar-refractivity contribution in [3.8, 4) is 0 Å². The molecule has 3 heteroatoms. The minimum Gasteiger partial charge on any atom is -2.00 e. The first-order valence-electron chi connectivity index (χ1n) is 6.02. The Kier molecular flexibility index (Phi) is 27.9. The van der Waals surface area contributed by atoms with Gasteiger partial charge in [-0.1, -0.05) is 64.7 Å². The molecule has 0 saturated carbocycles. The van der Waals surface area contributed by atoms with Gasteiger partial charge in [0, 0.05) is 6.61 Å². The molecule has 0 unspecified atom stereocenters. The van der Waals surface area contributed by atoms with E-state index >= 15 is 0 Å². The second kappa shape index (κ2) is 20.0. The molecule has 88 valence electrons. The van der Waals surface area contributed by atoms with Crippen LogP contribution in [0.3, 0.4) is 0 Å². The van der Waals surface area contributed by atoms with Crippen LogP contribution >= 0.6 is 0 Å². The summed E-state index contributed by atoms with van der Waals surface area (Å²) in [6.45, 7) is 2.63. The van der Waals surface area contributed by atoms with E-state index in [0.717, 1.165) is 6.42 Å². The second-order valence-corrected chi connectivity index (χ2v) is 3.91. The van der Waals surface area contributed by atoms with Gasteiger partial charge < -0.3 is 10.6 Å². The monoisotopic (exact) mass is 266 g/mol. The summed E-state index contributed by atoms with van der Waals surface area (Å²) in [4.78, 5) is 0. The Morgan fingerprint density at radius 1 is 0.667 bits per heavy atom. The molecule has 0 rings (SSSR count). The molecule has 0 aliphatic heterocycles. The van der Waals surface area contributed by atoms with E-state index in [1.165, 1.54) is 57.8 Å². The van der Waals surface area contributed by atoms with Gasteiger partial charge in [-0.25, -0.2) is 0 Å². The molecule has 15 heavy (non-hydrogen) atoms. The van der Waals surface area contributed by atoms with E-state index in [1.54, 1.807) is 0 Å². The van der Waals surface area contributed by atoms with Gasteiger partial charge in [0.2, 0.25) is 0 Å². The predicted octanol–water partition coefficient (Wildman–Crippen LogP) is 3.78. The van der Waals surface area contributed by atoms with E-state index in [4.69, 9.17) is 5.11 Å². The van der Waals surface area contributed by atoms with Crippen molar-refractivity contribution in [1.82, 2.24) is 0 Å². The fourth-order valence-corrected chi connectivity index (χ4v) is 1.60. The molecule has 0 amide bonds. The second-order valence-electron chi connectivity index (χ2n) is 3.91. The maximum atomic E-state index is 8.57. The van der Waals surface area contributed by atoms with Gasteiger partial charge in [-0.05, 0) is 6.42 Å². The Hall–Kier alpha value is 0.543. The normalized spacial score (nSPS) is 9.20. The summed E-state index contributed by atoms with van der Waals surface area (Å²) < 4.78 is 0. The molecule has 0 fully saturated rings. The summed E-state index contributed by atoms with van der Waals surface area (Å²) in [6.07, 6.45) is 13.3. The molecule has 0 radical (unpaired) electrons. The first-order chi connectivity index (χ1) is 6.41. The molecule has 0 aromatic rings. The van der Waals surface area contributed by atoms with Crippen molar-refractivity contribution >= 4 is 0 Å². The summed E-state index contributed by atoms with van der Waals surface area (Å²) in [6, 6.07) is 0. The molecule has 0 spiro atoms. The molecule has 0 aliphatic rings. The summed E-state index contributed by atoms with van der Waals surface area (Å²) in [5, 5.41) is 8.57. The van der Waals surface area contributed by atoms with Gasteiger partial charge in [0.05, 0.1) is 0 Å². The van der Waals surface area contributed by atoms with Gasteiger partial charge in [0.25, 0.3) is 0 Å². The van der Waals surface area contributed by atoms with Crippen LogP contribution in [0.4, 0.5) is 0 Å². The Labute approximate surface area is 108 Å². The molecule has 0 atom stereocenters. The van der Waals surface area contributed by atoms with Crippen LogP contribution < -0.4 is 0 Å². The van der Waals surface area contributed by atoms with Gasteiger partial charge in [-0.15, -0.1) is 0 Å². The number of rotatable bonds is 10. The van der Waals surface area contributed by atoms with E-state index in [2.05, 4.69) is 6.92 Å². The fourth-order valence-electron chi connectivity index (χ4n) is 1.60. The molecule has 0 bridgehead atoms. The van der Waals surface area contributed by atoms with Gasteiger partial charge in [0.1, 0.15) is 0 Å². The minimum atomic E-state index is 0. The van der Waals surface area contributed by atoms with Crippen LogP contribution in [-0.2, 0) is 25.0 Å². The smallest absolute Gasteiger partial charge is 2.00 e. The van der Waals surface area contributed by atoms with Crippen LogP contribution in [0.1, 0.15) is 71.1 Å². The van der Waals surface area contributed by atoms with Gasteiger partial charge >= 0.3 is 19.5 Å². The van der Waals surface area contributed by atoms with Crippen LogP contribution in [0.5, 0.6) is 0 Å². The molecule has 0 saturated heterocycles. The Morgan fingerprint density at radius 3 is 1.33 bits per heavy atom. The average molecular weight is 268 g/mol. The van der Waals surface area contributed by atoms with E-state index < -0.39 is 0 Å². The third-order valence-electron chi connectivity index (χ3n) is 2.51. The minimum absolute atomic E-state index is 0. The Balaban J connectivity index is -0.000000720. The van der Waals surface area contributed by atoms with Gasteiger partial charge in [-0.3, -0.25) is 0 Å². The molecular formula is C12H26O2Zn. The molecule has 0 aliphatic carbocycles. The third kappa shape index (κ3) is 20.6. The number of aliphatic hydroxyl groups is 1. The van der Waals surface area contributed by atoms with Crippen molar-refractivity contribution in [2.75, 3.05) is 6.61 Å². The molecule has 0 heterocycles. The van der Waals surface area contributed by atoms with Gasteiger partial charge in [0.15, 0.2) is 0 Å². The Bertz CT molecular complexity index is 79.7. The van der Waals surface area contributed by atoms with Crippen LogP contribution in [0.15, 0.2) is 0 Å². The zero-order valence-electron chi connectivity index (χ0n) is 10.3. The van der Waals surface area contributed by atoms with Crippen molar-refractivity contribution in [2.24, 2.45) is 0 Å². The largest absolute Gasteiger partial charge is 2.00 e. The topological polar surface area (TPSA) is 48.7 Å². The summed E-state index contributed by atoms with van der Waals surface area (Å²) >= 11 is 0. The molecule has 2 nitrogen and oxygen atoms in total. The van der Waals surface area contributed by atoms with Crippen molar-refractivity contribution in [2.45, 2.75) is 71.1 Å². The standard InChI is InChI=1S/C12H26O.O.Zn/c1-2-3-4-5-6-7-8-9-10-11-12-13;;/h13H,2-12H2,1H3;;/q;-2;+2. The van der Waals surface area contributed by atoms with Crippen LogP contribution in [0, 0.1) is 0 Å². The van der Waals surface area contributed by atoms with Crippen molar-refractivity contribution in [1.29, 1.82) is 0 Å². The van der Waals surface area contributed by atoms with E-state index in [-0.39, 0.29) is 25.0 Å². The average Bonchev–Trinajstić information content (AvgIpc) is 2.16. The summed E-state index contributed by atoms with van der Waals surface area (Å²) in [7, 11) is 0. The zero-order chi connectivity index (χ0) is 9.78. The number of hydrogen-bond donors (Lipinski definition) is 1. The summed E-state index contributed by atoms with van der Waals surface area (Å²) in [5.74, 6) is 0. The predicted molar refractivity (Wildman–Crippen MR) is 59.6 cm³/mol. The Morgan fingerprint density at radius 2 is 1.00 bits per heavy atom. The first kappa shape index (κ1) is 20.9. The maximum Gasteiger partial charge on any atom is 2.00 e. The maximum absolute atomic E-state index is 8.57. The molecule has 0 aromatic carbocycles. The third-order valence-corrected chi connectivity index (χ3v) is 2.51. The van der Waals surface area contributed by atoms with Crippen LogP contribution in [0.25, 0.3) is 0 Å². The van der Waals surface area contributed by atoms with Crippen molar-refractivity contribution < 1.29 is 30.1 Å². The zero-order valence-corrected chi connectivity index (χ0v) is 13.3.